The Kier molecular flexibility index (Phi) is 2.40. The molecule has 0 fully saturated rings. The maximum atomic E-state index is 12.2. The maximum Gasteiger partial charge on any atom is 0.403 e. The number of dihydropyridines is 1. The number of carbonyl (C=O) groups is 1. The number of aliphatic imine (C=N–C) groups is 1. The van der Waals surface area contributed by atoms with Crippen molar-refractivity contribution in [2.45, 2.75) is 6.18 Å². The molecular weight excluding hydrogens is 187 g/mol. The normalized spacial score (nSPS) is 22.9. The molecule has 1 unspecified atom stereocenters. The number of hydrogen-bond donors (Lipinski definition) is 0. The fourth-order valence-electron chi connectivity index (χ4n) is 0.902. The van der Waals surface area contributed by atoms with Crippen molar-refractivity contribution in [2.75, 3.05) is 7.11 Å². The monoisotopic (exact) mass is 193 g/mol. The van der Waals surface area contributed by atoms with Crippen LogP contribution in [0.25, 0.3) is 0 Å². The molecule has 1 rings (SSSR count). The van der Waals surface area contributed by atoms with Crippen LogP contribution in [0.4, 0.5) is 13.2 Å². The molecule has 6 heteroatoms. The van der Waals surface area contributed by atoms with Crippen LogP contribution < -0.4 is 0 Å². The van der Waals surface area contributed by atoms with Gasteiger partial charge in [0.25, 0.3) is 5.91 Å². The fraction of sp³-hybridized carbons (Fsp3) is 0.429. The molecule has 0 bridgehead atoms. The first-order valence-electron chi connectivity index (χ1n) is 3.35. The van der Waals surface area contributed by atoms with E-state index in [-0.39, 0.29) is 0 Å². The number of halogens is 3. The van der Waals surface area contributed by atoms with Crippen molar-refractivity contribution in [1.82, 2.24) is 0 Å². The first kappa shape index (κ1) is 9.76. The van der Waals surface area contributed by atoms with Crippen molar-refractivity contribution in [2.24, 2.45) is 10.9 Å². The molecule has 1 aliphatic heterocycles. The number of nitrogens with zero attached hydrogens (tertiary/aromatic N) is 1. The van der Waals surface area contributed by atoms with E-state index < -0.39 is 23.8 Å². The molecule has 0 aromatic heterocycles. The zero-order chi connectivity index (χ0) is 10.1. The number of rotatable bonds is 1. The lowest BCUT2D eigenvalue weighted by Crippen LogP contribution is -2.29. The molecule has 0 aromatic carbocycles. The summed E-state index contributed by atoms with van der Waals surface area (Å²) in [6.45, 7) is 0. The summed E-state index contributed by atoms with van der Waals surface area (Å²) in [6, 6.07) is 0. The van der Waals surface area contributed by atoms with Gasteiger partial charge in [-0.15, -0.1) is 0 Å². The molecule has 0 aliphatic carbocycles. The Labute approximate surface area is 71.9 Å². The SMILES string of the molecule is COC1=CC(=O)N=CC1C(F)(F)F. The largest absolute Gasteiger partial charge is 0.500 e. The standard InChI is InChI=1S/C7H6F3NO2/c1-13-5-2-6(12)11-3-4(5)7(8,9)10/h2-4H,1H3. The number of carbonyl (C=O) groups excluding carboxylic acids is 1. The molecule has 72 valence electrons. The highest BCUT2D eigenvalue weighted by molar-refractivity contribution is 5.97. The average Bonchev–Trinajstić information content (AvgIpc) is 2.01. The molecule has 1 heterocycles. The zero-order valence-corrected chi connectivity index (χ0v) is 6.63. The van der Waals surface area contributed by atoms with Gasteiger partial charge in [0.1, 0.15) is 11.7 Å². The molecule has 0 N–H and O–H groups in total. The minimum atomic E-state index is -4.47. The van der Waals surface area contributed by atoms with E-state index in [1.165, 1.54) is 0 Å². The summed E-state index contributed by atoms with van der Waals surface area (Å²) < 4.78 is 41.0. The number of alkyl halides is 3. The molecule has 0 radical (unpaired) electrons. The quantitative estimate of drug-likeness (QED) is 0.629. The van der Waals surface area contributed by atoms with Crippen LogP contribution in [0.15, 0.2) is 16.8 Å². The lowest BCUT2D eigenvalue weighted by atomic mass is 10.1. The van der Waals surface area contributed by atoms with Gasteiger partial charge in [-0.2, -0.15) is 13.2 Å². The highest BCUT2D eigenvalue weighted by Crippen LogP contribution is 2.32. The van der Waals surface area contributed by atoms with Crippen LogP contribution in [0, 0.1) is 5.92 Å². The van der Waals surface area contributed by atoms with Crippen molar-refractivity contribution in [3.8, 4) is 0 Å². The molecule has 0 saturated carbocycles. The number of ether oxygens (including phenoxy) is 1. The van der Waals surface area contributed by atoms with E-state index in [1.807, 2.05) is 0 Å². The van der Waals surface area contributed by atoms with E-state index in [0.29, 0.717) is 6.21 Å². The highest BCUT2D eigenvalue weighted by atomic mass is 19.4. The number of allylic oxidation sites excluding steroid dienone is 1. The Hall–Kier alpha value is -1.33. The smallest absolute Gasteiger partial charge is 0.403 e. The van der Waals surface area contributed by atoms with Gasteiger partial charge in [0, 0.05) is 12.3 Å². The molecule has 3 nitrogen and oxygen atoms in total. The first-order chi connectivity index (χ1) is 5.95. The molecular formula is C7H6F3NO2. The van der Waals surface area contributed by atoms with Crippen LogP contribution in [-0.2, 0) is 9.53 Å². The van der Waals surface area contributed by atoms with Crippen LogP contribution in [0.3, 0.4) is 0 Å². The van der Waals surface area contributed by atoms with E-state index in [4.69, 9.17) is 0 Å². The van der Waals surface area contributed by atoms with Crippen molar-refractivity contribution < 1.29 is 22.7 Å². The highest BCUT2D eigenvalue weighted by Gasteiger charge is 2.43. The van der Waals surface area contributed by atoms with Crippen molar-refractivity contribution >= 4 is 12.1 Å². The summed E-state index contributed by atoms with van der Waals surface area (Å²) in [5.41, 5.74) is 0. The van der Waals surface area contributed by atoms with Crippen LogP contribution in [0.2, 0.25) is 0 Å². The van der Waals surface area contributed by atoms with Crippen molar-refractivity contribution in [3.63, 3.8) is 0 Å². The van der Waals surface area contributed by atoms with Gasteiger partial charge in [0.05, 0.1) is 7.11 Å². The molecule has 13 heavy (non-hydrogen) atoms. The number of hydrogen-bond acceptors (Lipinski definition) is 2. The van der Waals surface area contributed by atoms with Crippen LogP contribution in [0.5, 0.6) is 0 Å². The Morgan fingerprint density at radius 3 is 2.62 bits per heavy atom. The lowest BCUT2D eigenvalue weighted by Gasteiger charge is -2.19. The van der Waals surface area contributed by atoms with Gasteiger partial charge in [-0.1, -0.05) is 0 Å². The van der Waals surface area contributed by atoms with Gasteiger partial charge in [-0.25, -0.2) is 4.99 Å². The van der Waals surface area contributed by atoms with E-state index in [9.17, 15) is 18.0 Å². The topological polar surface area (TPSA) is 38.7 Å². The Morgan fingerprint density at radius 1 is 1.54 bits per heavy atom. The second-order valence-electron chi connectivity index (χ2n) is 2.39. The number of amides is 1. The van der Waals surface area contributed by atoms with Gasteiger partial charge in [-0.3, -0.25) is 4.79 Å². The molecule has 1 aliphatic rings. The fourth-order valence-corrected chi connectivity index (χ4v) is 0.902. The summed E-state index contributed by atoms with van der Waals surface area (Å²) in [7, 11) is 1.08. The first-order valence-corrected chi connectivity index (χ1v) is 3.35. The summed E-state index contributed by atoms with van der Waals surface area (Å²) in [5.74, 6) is -3.07. The second-order valence-corrected chi connectivity index (χ2v) is 2.39. The minimum Gasteiger partial charge on any atom is -0.500 e. The van der Waals surface area contributed by atoms with Crippen LogP contribution in [0.1, 0.15) is 0 Å². The van der Waals surface area contributed by atoms with Gasteiger partial charge >= 0.3 is 6.18 Å². The zero-order valence-electron chi connectivity index (χ0n) is 6.63. The number of methoxy groups -OCH3 is 1. The van der Waals surface area contributed by atoms with Crippen LogP contribution in [-0.4, -0.2) is 25.4 Å². The van der Waals surface area contributed by atoms with E-state index >= 15 is 0 Å². The molecule has 0 saturated heterocycles. The average molecular weight is 193 g/mol. The lowest BCUT2D eigenvalue weighted by molar-refractivity contribution is -0.153. The Bertz CT molecular complexity index is 280. The predicted octanol–water partition coefficient (Wildman–Crippen LogP) is 1.31. The Morgan fingerprint density at radius 2 is 2.15 bits per heavy atom. The molecule has 0 spiro atoms. The van der Waals surface area contributed by atoms with Crippen molar-refractivity contribution in [3.05, 3.63) is 11.8 Å². The maximum absolute atomic E-state index is 12.2. The third-order valence-electron chi connectivity index (χ3n) is 1.51. The Balaban J connectivity index is 2.94. The second kappa shape index (κ2) is 3.20. The third kappa shape index (κ3) is 2.07. The van der Waals surface area contributed by atoms with E-state index in [0.717, 1.165) is 13.2 Å². The third-order valence-corrected chi connectivity index (χ3v) is 1.51. The molecule has 1 amide bonds. The van der Waals surface area contributed by atoms with Gasteiger partial charge in [-0.05, 0) is 0 Å². The summed E-state index contributed by atoms with van der Waals surface area (Å²) in [6.07, 6.45) is -3.19. The van der Waals surface area contributed by atoms with Gasteiger partial charge in [0.15, 0.2) is 0 Å². The van der Waals surface area contributed by atoms with Gasteiger partial charge < -0.3 is 4.74 Å². The van der Waals surface area contributed by atoms with E-state index in [1.54, 1.807) is 0 Å². The summed E-state index contributed by atoms with van der Waals surface area (Å²) in [4.78, 5) is 13.6. The minimum absolute atomic E-state index is 0.424. The summed E-state index contributed by atoms with van der Waals surface area (Å²) >= 11 is 0. The van der Waals surface area contributed by atoms with Gasteiger partial charge in [0.2, 0.25) is 0 Å². The van der Waals surface area contributed by atoms with E-state index in [2.05, 4.69) is 9.73 Å². The predicted molar refractivity (Wildman–Crippen MR) is 38.1 cm³/mol. The molecule has 0 aromatic rings. The van der Waals surface area contributed by atoms with Crippen molar-refractivity contribution in [1.29, 1.82) is 0 Å². The molecule has 1 atom stereocenters. The summed E-state index contributed by atoms with van der Waals surface area (Å²) in [5, 5.41) is 0. The van der Waals surface area contributed by atoms with Crippen LogP contribution >= 0.6 is 0 Å².